The van der Waals surface area contributed by atoms with Crippen molar-refractivity contribution in [2.45, 2.75) is 32.7 Å². The van der Waals surface area contributed by atoms with E-state index in [1.807, 2.05) is 13.0 Å². The van der Waals surface area contributed by atoms with Crippen molar-refractivity contribution in [1.82, 2.24) is 14.7 Å². The molecule has 0 amide bonds. The third-order valence-electron chi connectivity index (χ3n) is 4.30. The van der Waals surface area contributed by atoms with Crippen LogP contribution in [0.3, 0.4) is 0 Å². The topological polar surface area (TPSA) is 75.4 Å². The van der Waals surface area contributed by atoms with Crippen LogP contribution in [0.1, 0.15) is 28.6 Å². The van der Waals surface area contributed by atoms with E-state index < -0.39 is 15.9 Å². The Morgan fingerprint density at radius 1 is 1.32 bits per heavy atom. The number of benzene rings is 1. The Labute approximate surface area is 146 Å². The fraction of sp³-hybridized carbons (Fsp3) is 0.471. The molecule has 0 aliphatic carbocycles. The van der Waals surface area contributed by atoms with Crippen LogP contribution >= 0.6 is 0 Å². The first-order chi connectivity index (χ1) is 11.7. The quantitative estimate of drug-likeness (QED) is 0.865. The number of nitrogens with zero attached hydrogens (tertiary/aromatic N) is 3. The van der Waals surface area contributed by atoms with Crippen LogP contribution in [0.25, 0.3) is 0 Å². The summed E-state index contributed by atoms with van der Waals surface area (Å²) in [4.78, 5) is 2.11. The maximum atomic E-state index is 14.0. The molecule has 136 valence electrons. The summed E-state index contributed by atoms with van der Waals surface area (Å²) in [6.45, 7) is 4.26. The van der Waals surface area contributed by atoms with Crippen molar-refractivity contribution in [3.05, 3.63) is 52.6 Å². The van der Waals surface area contributed by atoms with Crippen molar-refractivity contribution in [2.24, 2.45) is 0 Å². The van der Waals surface area contributed by atoms with Crippen LogP contribution in [0.4, 0.5) is 4.39 Å². The number of rotatable bonds is 5. The van der Waals surface area contributed by atoms with Crippen molar-refractivity contribution < 1.29 is 17.9 Å². The van der Waals surface area contributed by atoms with E-state index in [1.54, 1.807) is 16.8 Å². The number of halogens is 1. The Kier molecular flexibility index (Phi) is 4.95. The first-order valence-electron chi connectivity index (χ1n) is 8.11. The summed E-state index contributed by atoms with van der Waals surface area (Å²) in [6, 6.07) is 6.96. The molecule has 0 bridgehead atoms. The number of aromatic nitrogens is 2. The minimum atomic E-state index is -3.28. The van der Waals surface area contributed by atoms with Crippen molar-refractivity contribution >= 4 is 9.84 Å². The molecule has 8 heteroatoms. The zero-order chi connectivity index (χ0) is 18.2. The Morgan fingerprint density at radius 2 is 2.08 bits per heavy atom. The van der Waals surface area contributed by atoms with Gasteiger partial charge in [-0.3, -0.25) is 9.58 Å². The summed E-state index contributed by atoms with van der Waals surface area (Å²) < 4.78 is 38.5. The summed E-state index contributed by atoms with van der Waals surface area (Å²) in [6.07, 6.45) is -0.0412. The Balaban J connectivity index is 1.71. The van der Waals surface area contributed by atoms with Crippen LogP contribution < -0.4 is 0 Å². The zero-order valence-electron chi connectivity index (χ0n) is 14.3. The first-order valence-corrected chi connectivity index (χ1v) is 10.2. The summed E-state index contributed by atoms with van der Waals surface area (Å²) in [7, 11) is -3.28. The molecule has 25 heavy (non-hydrogen) atoms. The number of fused-ring (bicyclic) bond motifs is 1. The molecular weight excluding hydrogens is 345 g/mol. The van der Waals surface area contributed by atoms with Crippen LogP contribution in [-0.2, 0) is 29.5 Å². The van der Waals surface area contributed by atoms with Gasteiger partial charge >= 0.3 is 0 Å². The van der Waals surface area contributed by atoms with Gasteiger partial charge in [0, 0.05) is 31.5 Å². The third kappa shape index (κ3) is 4.45. The predicted octanol–water partition coefficient (Wildman–Crippen LogP) is 1.42. The molecule has 0 saturated carbocycles. The standard InChI is InChI=1S/C17H22FN3O3S/c1-12-3-4-13(15(18)7-12)9-20-5-6-21-14(10-20)8-16(19-21)17(22)11-25(2,23)24/h3-4,7-8,17,22H,5-6,9-11H2,1-2H3. The molecule has 1 aromatic carbocycles. The fourth-order valence-corrected chi connectivity index (χ4v) is 3.78. The monoisotopic (exact) mass is 367 g/mol. The molecule has 1 unspecified atom stereocenters. The van der Waals surface area contributed by atoms with E-state index in [1.165, 1.54) is 6.07 Å². The summed E-state index contributed by atoms with van der Waals surface area (Å²) in [5.41, 5.74) is 2.79. The lowest BCUT2D eigenvalue weighted by Gasteiger charge is -2.27. The highest BCUT2D eigenvalue weighted by molar-refractivity contribution is 7.90. The Morgan fingerprint density at radius 3 is 2.76 bits per heavy atom. The second-order valence-corrected chi connectivity index (χ2v) is 8.88. The lowest BCUT2D eigenvalue weighted by molar-refractivity contribution is 0.190. The maximum absolute atomic E-state index is 14.0. The van der Waals surface area contributed by atoms with Gasteiger partial charge in [-0.05, 0) is 24.6 Å². The van der Waals surface area contributed by atoms with Gasteiger partial charge in [-0.15, -0.1) is 0 Å². The summed E-state index contributed by atoms with van der Waals surface area (Å²) in [5, 5.41) is 14.4. The number of hydrogen-bond donors (Lipinski definition) is 1. The molecule has 2 aromatic rings. The zero-order valence-corrected chi connectivity index (χ0v) is 15.1. The number of sulfone groups is 1. The maximum Gasteiger partial charge on any atom is 0.150 e. The highest BCUT2D eigenvalue weighted by Crippen LogP contribution is 2.21. The van der Waals surface area contributed by atoms with E-state index >= 15 is 0 Å². The molecule has 1 atom stereocenters. The fourth-order valence-electron chi connectivity index (χ4n) is 3.03. The molecule has 1 aromatic heterocycles. The average molecular weight is 367 g/mol. The molecule has 1 aliphatic heterocycles. The number of aliphatic hydroxyl groups is 1. The molecule has 6 nitrogen and oxygen atoms in total. The third-order valence-corrected chi connectivity index (χ3v) is 5.22. The summed E-state index contributed by atoms with van der Waals surface area (Å²) in [5.74, 6) is -0.551. The number of aryl methyl sites for hydroxylation is 1. The van der Waals surface area contributed by atoms with Gasteiger partial charge in [0.1, 0.15) is 21.8 Å². The minimum absolute atomic E-state index is 0.205. The minimum Gasteiger partial charge on any atom is -0.386 e. The number of hydrogen-bond acceptors (Lipinski definition) is 5. The van der Waals surface area contributed by atoms with Gasteiger partial charge < -0.3 is 5.11 Å². The second kappa shape index (κ2) is 6.86. The molecule has 1 N–H and O–H groups in total. The van der Waals surface area contributed by atoms with Crippen molar-refractivity contribution in [3.8, 4) is 0 Å². The van der Waals surface area contributed by atoms with Gasteiger partial charge in [-0.25, -0.2) is 12.8 Å². The number of aliphatic hydroxyl groups excluding tert-OH is 1. The first kappa shape index (κ1) is 18.0. The van der Waals surface area contributed by atoms with Gasteiger partial charge in [-0.2, -0.15) is 5.10 Å². The van der Waals surface area contributed by atoms with Gasteiger partial charge in [0.15, 0.2) is 0 Å². The normalized spacial score (nSPS) is 16.6. The highest BCUT2D eigenvalue weighted by atomic mass is 32.2. The Bertz CT molecular complexity index is 879. The highest BCUT2D eigenvalue weighted by Gasteiger charge is 2.23. The van der Waals surface area contributed by atoms with E-state index in [0.29, 0.717) is 37.4 Å². The van der Waals surface area contributed by atoms with E-state index in [9.17, 15) is 17.9 Å². The van der Waals surface area contributed by atoms with Gasteiger partial charge in [0.2, 0.25) is 0 Å². The molecule has 0 radical (unpaired) electrons. The van der Waals surface area contributed by atoms with Gasteiger partial charge in [0.05, 0.1) is 23.7 Å². The van der Waals surface area contributed by atoms with E-state index in [-0.39, 0.29) is 11.6 Å². The van der Waals surface area contributed by atoms with Crippen molar-refractivity contribution in [3.63, 3.8) is 0 Å². The lowest BCUT2D eigenvalue weighted by Crippen LogP contribution is -2.33. The van der Waals surface area contributed by atoms with Crippen molar-refractivity contribution in [2.75, 3.05) is 18.6 Å². The SMILES string of the molecule is Cc1ccc(CN2CCn3nc(C(O)CS(C)(=O)=O)cc3C2)c(F)c1. The van der Waals surface area contributed by atoms with E-state index in [2.05, 4.69) is 10.00 Å². The van der Waals surface area contributed by atoms with Crippen LogP contribution in [0.5, 0.6) is 0 Å². The molecule has 0 fully saturated rings. The molecule has 2 heterocycles. The van der Waals surface area contributed by atoms with Crippen LogP contribution in [0, 0.1) is 12.7 Å². The smallest absolute Gasteiger partial charge is 0.150 e. The lowest BCUT2D eigenvalue weighted by atomic mass is 10.1. The van der Waals surface area contributed by atoms with Crippen LogP contribution in [0.15, 0.2) is 24.3 Å². The molecule has 1 aliphatic rings. The molecule has 0 spiro atoms. The molecular formula is C17H22FN3O3S. The predicted molar refractivity (Wildman–Crippen MR) is 92.1 cm³/mol. The largest absolute Gasteiger partial charge is 0.386 e. The molecule has 0 saturated heterocycles. The summed E-state index contributed by atoms with van der Waals surface area (Å²) >= 11 is 0. The van der Waals surface area contributed by atoms with Gasteiger partial charge in [0.25, 0.3) is 0 Å². The van der Waals surface area contributed by atoms with Crippen LogP contribution in [-0.4, -0.2) is 46.8 Å². The Hall–Kier alpha value is -1.77. The van der Waals surface area contributed by atoms with Crippen molar-refractivity contribution in [1.29, 1.82) is 0 Å². The van der Waals surface area contributed by atoms with E-state index in [4.69, 9.17) is 0 Å². The second-order valence-electron chi connectivity index (χ2n) is 6.70. The van der Waals surface area contributed by atoms with Gasteiger partial charge in [-0.1, -0.05) is 12.1 Å². The average Bonchev–Trinajstić information content (AvgIpc) is 2.92. The molecule has 3 rings (SSSR count). The van der Waals surface area contributed by atoms with Crippen LogP contribution in [0.2, 0.25) is 0 Å². The van der Waals surface area contributed by atoms with E-state index in [0.717, 1.165) is 17.5 Å².